The third-order valence-corrected chi connectivity index (χ3v) is 0. The smallest absolute Gasteiger partial charge is 0.870 e. The molecule has 0 amide bonds. The molecule has 0 unspecified atom stereocenters. The molecule has 0 aliphatic heterocycles. The third-order valence-electron chi connectivity index (χ3n) is 0. The summed E-state index contributed by atoms with van der Waals surface area (Å²) in [7, 11) is 0. The second kappa shape index (κ2) is 98.1. The van der Waals surface area contributed by atoms with Gasteiger partial charge in [0.2, 0.25) is 0 Å². The van der Waals surface area contributed by atoms with Crippen LogP contribution < -0.4 is 148 Å². The largest absolute Gasteiger partial charge is 1.00 e. The molecular weight excluding hydrogens is 195 g/mol. The first kappa shape index (κ1) is 122. The second-order valence-corrected chi connectivity index (χ2v) is 0. The van der Waals surface area contributed by atoms with E-state index in [4.69, 9.17) is 0 Å². The predicted octanol–water partition coefficient (Wildman–Crippen LogP) is -15.9. The summed E-state index contributed by atoms with van der Waals surface area (Å²) in [5.74, 6) is 0. The van der Waals surface area contributed by atoms with E-state index in [1.54, 1.807) is 0 Å². The van der Waals surface area contributed by atoms with Crippen LogP contribution in [0, 0.1) is 0 Å². The SMILES string of the molecule is [Na+].[Na+].[Na+].[Na+].[Na+].[OH-].[OH-].[OH-].[OH-].[OH-]. The Morgan fingerprint density at radius 1 is 0.200 bits per heavy atom. The summed E-state index contributed by atoms with van der Waals surface area (Å²) in [6.07, 6.45) is 0. The van der Waals surface area contributed by atoms with E-state index in [1.165, 1.54) is 0 Å². The standard InChI is InChI=1S/5Na.5H2O/h;;;;;5*1H2/q5*+1;;;;;/p-5. The van der Waals surface area contributed by atoms with Crippen LogP contribution in [0.2, 0.25) is 0 Å². The minimum atomic E-state index is 0. The zero-order valence-electron chi connectivity index (χ0n) is 7.24. The van der Waals surface area contributed by atoms with Crippen LogP contribution in [-0.4, -0.2) is 27.4 Å². The summed E-state index contributed by atoms with van der Waals surface area (Å²) in [6, 6.07) is 0. The van der Waals surface area contributed by atoms with Gasteiger partial charge in [0.15, 0.2) is 0 Å². The Morgan fingerprint density at radius 3 is 0.200 bits per heavy atom. The van der Waals surface area contributed by atoms with Crippen LogP contribution in [-0.2, 0) is 0 Å². The van der Waals surface area contributed by atoms with Crippen LogP contribution in [0.5, 0.6) is 0 Å². The van der Waals surface area contributed by atoms with Gasteiger partial charge >= 0.3 is 148 Å². The van der Waals surface area contributed by atoms with Crippen molar-refractivity contribution in [2.75, 3.05) is 0 Å². The molecule has 10 heteroatoms. The Labute approximate surface area is 171 Å². The van der Waals surface area contributed by atoms with Crippen molar-refractivity contribution in [3.8, 4) is 0 Å². The molecule has 0 aliphatic carbocycles. The maximum atomic E-state index is 0. The Hall–Kier alpha value is 4.80. The van der Waals surface area contributed by atoms with Gasteiger partial charge in [0.05, 0.1) is 0 Å². The molecule has 0 aromatic carbocycles. The van der Waals surface area contributed by atoms with Crippen LogP contribution in [0.3, 0.4) is 0 Å². The van der Waals surface area contributed by atoms with E-state index in [0.29, 0.717) is 0 Å². The van der Waals surface area contributed by atoms with Crippen LogP contribution >= 0.6 is 0 Å². The molecule has 5 nitrogen and oxygen atoms in total. The maximum Gasteiger partial charge on any atom is 1.00 e. The summed E-state index contributed by atoms with van der Waals surface area (Å²) in [4.78, 5) is 0. The summed E-state index contributed by atoms with van der Waals surface area (Å²) >= 11 is 0. The van der Waals surface area contributed by atoms with Crippen molar-refractivity contribution in [1.29, 1.82) is 0 Å². The Kier molecular flexibility index (Phi) is 1200. The van der Waals surface area contributed by atoms with Gasteiger partial charge in [-0.05, 0) is 0 Å². The number of rotatable bonds is 0. The molecule has 0 saturated carbocycles. The van der Waals surface area contributed by atoms with Crippen LogP contribution in [0.4, 0.5) is 0 Å². The number of hydrogen-bond acceptors (Lipinski definition) is 5. The summed E-state index contributed by atoms with van der Waals surface area (Å²) in [5.41, 5.74) is 0. The molecule has 0 fully saturated rings. The van der Waals surface area contributed by atoms with Crippen molar-refractivity contribution < 1.29 is 175 Å². The Morgan fingerprint density at radius 2 is 0.200 bits per heavy atom. The van der Waals surface area contributed by atoms with E-state index in [-0.39, 0.29) is 175 Å². The van der Waals surface area contributed by atoms with Crippen LogP contribution in [0.1, 0.15) is 0 Å². The average Bonchev–Trinajstić information content (AvgIpc) is 0. The topological polar surface area (TPSA) is 150 Å². The molecule has 0 bridgehead atoms. The van der Waals surface area contributed by atoms with E-state index in [0.717, 1.165) is 0 Å². The van der Waals surface area contributed by atoms with E-state index in [1.807, 2.05) is 0 Å². The minimum Gasteiger partial charge on any atom is -0.870 e. The van der Waals surface area contributed by atoms with Gasteiger partial charge in [-0.1, -0.05) is 0 Å². The van der Waals surface area contributed by atoms with Crippen molar-refractivity contribution in [2.45, 2.75) is 0 Å². The van der Waals surface area contributed by atoms with Crippen molar-refractivity contribution in [3.63, 3.8) is 0 Å². The Bertz CT molecular complexity index is 10.0. The number of hydrogen-bond donors (Lipinski definition) is 0. The molecule has 0 saturated heterocycles. The fraction of sp³-hybridized carbons (Fsp3) is 0. The van der Waals surface area contributed by atoms with Gasteiger partial charge in [0.25, 0.3) is 0 Å². The van der Waals surface area contributed by atoms with Gasteiger partial charge in [0.1, 0.15) is 0 Å². The van der Waals surface area contributed by atoms with Crippen molar-refractivity contribution >= 4 is 0 Å². The zero-order chi connectivity index (χ0) is 0. The van der Waals surface area contributed by atoms with E-state index >= 15 is 0 Å². The van der Waals surface area contributed by atoms with Crippen LogP contribution in [0.25, 0.3) is 0 Å². The van der Waals surface area contributed by atoms with Crippen molar-refractivity contribution in [3.05, 3.63) is 0 Å². The molecule has 10 heavy (non-hydrogen) atoms. The third kappa shape index (κ3) is 77.4. The molecule has 0 aromatic heterocycles. The molecule has 0 atom stereocenters. The second-order valence-electron chi connectivity index (χ2n) is 0. The van der Waals surface area contributed by atoms with E-state index < -0.39 is 0 Å². The first-order valence-corrected chi connectivity index (χ1v) is 0. The van der Waals surface area contributed by atoms with Crippen LogP contribution in [0.15, 0.2) is 0 Å². The molecule has 0 rings (SSSR count). The van der Waals surface area contributed by atoms with E-state index in [2.05, 4.69) is 0 Å². The fourth-order valence-electron chi connectivity index (χ4n) is 0. The quantitative estimate of drug-likeness (QED) is 0.355. The Balaban J connectivity index is 0. The normalized spacial score (nSPS) is 0. The molecule has 40 valence electrons. The summed E-state index contributed by atoms with van der Waals surface area (Å²) in [6.45, 7) is 0. The minimum absolute atomic E-state index is 0. The summed E-state index contributed by atoms with van der Waals surface area (Å²) in [5, 5.41) is 0. The molecule has 5 N–H and O–H groups in total. The molecule has 0 heterocycles. The van der Waals surface area contributed by atoms with Gasteiger partial charge in [-0.25, -0.2) is 0 Å². The molecule has 0 spiro atoms. The zero-order valence-corrected chi connectivity index (χ0v) is 17.2. The average molecular weight is 200 g/mol. The van der Waals surface area contributed by atoms with Gasteiger partial charge in [-0.3, -0.25) is 0 Å². The fourth-order valence-corrected chi connectivity index (χ4v) is 0. The van der Waals surface area contributed by atoms with Crippen molar-refractivity contribution in [1.82, 2.24) is 0 Å². The van der Waals surface area contributed by atoms with Gasteiger partial charge in [-0.2, -0.15) is 0 Å². The molecule has 0 aromatic rings. The summed E-state index contributed by atoms with van der Waals surface area (Å²) < 4.78 is 0. The van der Waals surface area contributed by atoms with Gasteiger partial charge < -0.3 is 27.4 Å². The molecule has 0 radical (unpaired) electrons. The van der Waals surface area contributed by atoms with Gasteiger partial charge in [-0.15, -0.1) is 0 Å². The van der Waals surface area contributed by atoms with Gasteiger partial charge in [0, 0.05) is 0 Å². The van der Waals surface area contributed by atoms with Crippen molar-refractivity contribution in [2.24, 2.45) is 0 Å². The maximum absolute atomic E-state index is 0. The first-order chi connectivity index (χ1) is 0. The van der Waals surface area contributed by atoms with E-state index in [9.17, 15) is 0 Å². The monoisotopic (exact) mass is 200 g/mol. The molecule has 0 aliphatic rings. The predicted molar refractivity (Wildman–Crippen MR) is 9.68 cm³/mol. The first-order valence-electron chi connectivity index (χ1n) is 0. The molecular formula is H5Na5O5.